The van der Waals surface area contributed by atoms with Crippen LogP contribution in [-0.4, -0.2) is 31.7 Å². The monoisotopic (exact) mass is 333 g/mol. The maximum atomic E-state index is 11.7. The highest BCUT2D eigenvalue weighted by atomic mass is 16.1. The Bertz CT molecular complexity index is 1010. The quantitative estimate of drug-likeness (QED) is 0.750. The zero-order valence-corrected chi connectivity index (χ0v) is 13.3. The number of primary amides is 1. The van der Waals surface area contributed by atoms with Crippen molar-refractivity contribution in [2.45, 2.75) is 25.3 Å². The number of carbonyl (C=O) groups is 1. The number of nitrogens with zero attached hydrogens (tertiary/aromatic N) is 5. The molecule has 1 aliphatic rings. The van der Waals surface area contributed by atoms with Gasteiger partial charge in [-0.2, -0.15) is 15.0 Å². The van der Waals surface area contributed by atoms with Gasteiger partial charge in [0.05, 0.1) is 23.0 Å². The minimum Gasteiger partial charge on any atom is -0.382 e. The van der Waals surface area contributed by atoms with Gasteiger partial charge in [0.15, 0.2) is 11.5 Å². The molecule has 1 amide bonds. The van der Waals surface area contributed by atoms with E-state index in [-0.39, 0.29) is 0 Å². The van der Waals surface area contributed by atoms with E-state index in [1.54, 1.807) is 23.0 Å². The van der Waals surface area contributed by atoms with E-state index in [0.29, 0.717) is 34.3 Å². The van der Waals surface area contributed by atoms with Crippen LogP contribution in [0.25, 0.3) is 16.9 Å². The molecule has 0 unspecified atom stereocenters. The van der Waals surface area contributed by atoms with Crippen molar-refractivity contribution in [3.8, 4) is 11.9 Å². The lowest BCUT2D eigenvalue weighted by Gasteiger charge is -2.28. The van der Waals surface area contributed by atoms with Gasteiger partial charge in [0.25, 0.3) is 5.91 Å². The van der Waals surface area contributed by atoms with Crippen molar-refractivity contribution in [3.63, 3.8) is 0 Å². The number of fused-ring (bicyclic) bond motifs is 1. The normalized spacial score (nSPS) is 14.0. The van der Waals surface area contributed by atoms with Gasteiger partial charge in [0.1, 0.15) is 6.07 Å². The lowest BCUT2D eigenvalue weighted by atomic mass is 9.93. The number of pyridine rings is 2. The van der Waals surface area contributed by atoms with Crippen LogP contribution in [-0.2, 0) is 0 Å². The van der Waals surface area contributed by atoms with Crippen molar-refractivity contribution in [2.75, 3.05) is 5.32 Å². The minimum atomic E-state index is -0.525. The zero-order chi connectivity index (χ0) is 17.4. The highest BCUT2D eigenvalue weighted by Gasteiger charge is 2.20. The zero-order valence-electron chi connectivity index (χ0n) is 13.3. The summed E-state index contributed by atoms with van der Waals surface area (Å²) in [4.78, 5) is 20.3. The number of hydrogen-bond donors (Lipinski definition) is 2. The van der Waals surface area contributed by atoms with Crippen molar-refractivity contribution >= 4 is 22.6 Å². The molecule has 3 aromatic rings. The van der Waals surface area contributed by atoms with Crippen molar-refractivity contribution in [1.82, 2.24) is 19.7 Å². The van der Waals surface area contributed by atoms with Gasteiger partial charge in [-0.15, -0.1) is 0 Å². The Morgan fingerprint density at radius 3 is 2.80 bits per heavy atom. The molecule has 0 atom stereocenters. The van der Waals surface area contributed by atoms with E-state index in [1.807, 2.05) is 0 Å². The molecule has 8 nitrogen and oxygen atoms in total. The number of aromatic nitrogens is 4. The van der Waals surface area contributed by atoms with E-state index in [2.05, 4.69) is 26.5 Å². The SMILES string of the molecule is N#Cc1cnc2c(cnn2-c2cc(NC3CCC3)c(C(N)=O)cn2)c1. The van der Waals surface area contributed by atoms with Gasteiger partial charge in [0.2, 0.25) is 0 Å². The molecule has 0 saturated heterocycles. The fourth-order valence-corrected chi connectivity index (χ4v) is 2.80. The molecule has 0 radical (unpaired) electrons. The summed E-state index contributed by atoms with van der Waals surface area (Å²) in [6, 6.07) is 5.88. The molecule has 3 N–H and O–H groups in total. The smallest absolute Gasteiger partial charge is 0.252 e. The van der Waals surface area contributed by atoms with E-state index in [4.69, 9.17) is 11.0 Å². The van der Waals surface area contributed by atoms with Crippen LogP contribution in [0.5, 0.6) is 0 Å². The molecule has 0 aromatic carbocycles. The molecule has 4 rings (SSSR count). The number of hydrogen-bond acceptors (Lipinski definition) is 6. The van der Waals surface area contributed by atoms with Gasteiger partial charge in [-0.3, -0.25) is 4.79 Å². The molecule has 1 aliphatic carbocycles. The maximum Gasteiger partial charge on any atom is 0.252 e. The van der Waals surface area contributed by atoms with Gasteiger partial charge in [0, 0.05) is 29.9 Å². The van der Waals surface area contributed by atoms with Crippen molar-refractivity contribution in [2.24, 2.45) is 5.73 Å². The second-order valence-electron chi connectivity index (χ2n) is 6.03. The second kappa shape index (κ2) is 5.87. The first-order chi connectivity index (χ1) is 12.2. The molecular formula is C17H15N7O. The fraction of sp³-hybridized carbons (Fsp3) is 0.235. The number of rotatable bonds is 4. The summed E-state index contributed by atoms with van der Waals surface area (Å²) in [5.74, 6) is 0.00187. The molecule has 3 heterocycles. The van der Waals surface area contributed by atoms with E-state index < -0.39 is 5.91 Å². The van der Waals surface area contributed by atoms with Gasteiger partial charge < -0.3 is 11.1 Å². The number of nitrogens with one attached hydrogen (secondary N) is 1. The molecule has 1 saturated carbocycles. The van der Waals surface area contributed by atoms with E-state index >= 15 is 0 Å². The molecule has 0 spiro atoms. The Balaban J connectivity index is 1.78. The Hall–Kier alpha value is -3.47. The third-order valence-corrected chi connectivity index (χ3v) is 4.37. The number of nitrogens with two attached hydrogens (primary N) is 1. The topological polar surface area (TPSA) is 123 Å². The average molecular weight is 333 g/mol. The number of carbonyl (C=O) groups excluding carboxylic acids is 1. The van der Waals surface area contributed by atoms with E-state index in [1.165, 1.54) is 18.8 Å². The van der Waals surface area contributed by atoms with Crippen LogP contribution in [0.2, 0.25) is 0 Å². The first-order valence-electron chi connectivity index (χ1n) is 7.96. The summed E-state index contributed by atoms with van der Waals surface area (Å²) >= 11 is 0. The van der Waals surface area contributed by atoms with Gasteiger partial charge in [-0.25, -0.2) is 9.97 Å². The standard InChI is InChI=1S/C17H15N7O/c18-6-10-4-11-8-22-24(17(11)21-7-10)15-5-14(23-12-2-1-3-12)13(9-20-15)16(19)25/h4-5,7-9,12H,1-3H2,(H2,19,25)(H,20,23). The largest absolute Gasteiger partial charge is 0.382 e. The van der Waals surface area contributed by atoms with Crippen molar-refractivity contribution in [3.05, 3.63) is 41.9 Å². The Kier molecular flexibility index (Phi) is 3.54. The van der Waals surface area contributed by atoms with Gasteiger partial charge >= 0.3 is 0 Å². The fourth-order valence-electron chi connectivity index (χ4n) is 2.80. The second-order valence-corrected chi connectivity index (χ2v) is 6.03. The Labute approximate surface area is 143 Å². The van der Waals surface area contributed by atoms with E-state index in [9.17, 15) is 4.79 Å². The maximum absolute atomic E-state index is 11.7. The molecule has 124 valence electrons. The molecule has 8 heteroatoms. The minimum absolute atomic E-state index is 0.346. The molecule has 3 aromatic heterocycles. The van der Waals surface area contributed by atoms with Crippen LogP contribution >= 0.6 is 0 Å². The first-order valence-corrected chi connectivity index (χ1v) is 7.96. The third-order valence-electron chi connectivity index (χ3n) is 4.37. The van der Waals surface area contributed by atoms with Gasteiger partial charge in [-0.05, 0) is 25.3 Å². The number of anilines is 1. The van der Waals surface area contributed by atoms with Crippen molar-refractivity contribution < 1.29 is 4.79 Å². The van der Waals surface area contributed by atoms with Gasteiger partial charge in [-0.1, -0.05) is 0 Å². The lowest BCUT2D eigenvalue weighted by molar-refractivity contribution is 0.100. The number of nitriles is 1. The molecule has 25 heavy (non-hydrogen) atoms. The molecular weight excluding hydrogens is 318 g/mol. The average Bonchev–Trinajstić information content (AvgIpc) is 3.00. The van der Waals surface area contributed by atoms with Crippen LogP contribution < -0.4 is 11.1 Å². The molecule has 0 bridgehead atoms. The first kappa shape index (κ1) is 15.1. The van der Waals surface area contributed by atoms with Crippen LogP contribution in [0.4, 0.5) is 5.69 Å². The molecule has 1 fully saturated rings. The van der Waals surface area contributed by atoms with Crippen LogP contribution in [0.3, 0.4) is 0 Å². The Morgan fingerprint density at radius 1 is 1.28 bits per heavy atom. The predicted octanol–water partition coefficient (Wildman–Crippen LogP) is 1.75. The van der Waals surface area contributed by atoms with Crippen LogP contribution in [0.1, 0.15) is 35.2 Å². The summed E-state index contributed by atoms with van der Waals surface area (Å²) in [7, 11) is 0. The molecule has 0 aliphatic heterocycles. The summed E-state index contributed by atoms with van der Waals surface area (Å²) in [5.41, 5.74) is 7.52. The summed E-state index contributed by atoms with van der Waals surface area (Å²) < 4.78 is 1.58. The van der Waals surface area contributed by atoms with Crippen molar-refractivity contribution in [1.29, 1.82) is 5.26 Å². The highest BCUT2D eigenvalue weighted by molar-refractivity contribution is 5.98. The third kappa shape index (κ3) is 2.65. The van der Waals surface area contributed by atoms with Crippen LogP contribution in [0.15, 0.2) is 30.7 Å². The summed E-state index contributed by atoms with van der Waals surface area (Å²) in [6.07, 6.45) is 7.89. The van der Waals surface area contributed by atoms with E-state index in [0.717, 1.165) is 18.2 Å². The summed E-state index contributed by atoms with van der Waals surface area (Å²) in [5, 5.41) is 17.4. The summed E-state index contributed by atoms with van der Waals surface area (Å²) in [6.45, 7) is 0. The highest BCUT2D eigenvalue weighted by Crippen LogP contribution is 2.27. The number of amides is 1. The Morgan fingerprint density at radius 2 is 2.12 bits per heavy atom. The predicted molar refractivity (Wildman–Crippen MR) is 91.2 cm³/mol. The van der Waals surface area contributed by atoms with Crippen LogP contribution in [0, 0.1) is 11.3 Å². The lowest BCUT2D eigenvalue weighted by Crippen LogP contribution is -2.28.